The Morgan fingerprint density at radius 1 is 1.35 bits per heavy atom. The molecule has 1 amide bonds. The number of carbonyl (C=O) groups is 1. The highest BCUT2D eigenvalue weighted by atomic mass is 32.2. The van der Waals surface area contributed by atoms with Gasteiger partial charge in [0.1, 0.15) is 0 Å². The summed E-state index contributed by atoms with van der Waals surface area (Å²) in [6, 6.07) is 4.70. The Bertz CT molecular complexity index is 609. The lowest BCUT2D eigenvalue weighted by atomic mass is 9.93. The van der Waals surface area contributed by atoms with E-state index < -0.39 is 15.4 Å². The van der Waals surface area contributed by atoms with Gasteiger partial charge in [-0.1, -0.05) is 6.07 Å². The molecule has 0 saturated carbocycles. The van der Waals surface area contributed by atoms with Crippen LogP contribution in [0.1, 0.15) is 19.4 Å². The van der Waals surface area contributed by atoms with E-state index in [0.29, 0.717) is 11.3 Å². The highest BCUT2D eigenvalue weighted by Gasteiger charge is 2.29. The summed E-state index contributed by atoms with van der Waals surface area (Å²) < 4.78 is 27.0. The number of amides is 1. The Balaban J connectivity index is 2.97. The van der Waals surface area contributed by atoms with Gasteiger partial charge in [0.25, 0.3) is 0 Å². The highest BCUT2D eigenvalue weighted by Crippen LogP contribution is 2.20. The normalized spacial score (nSPS) is 12.2. The first-order chi connectivity index (χ1) is 9.10. The molecule has 112 valence electrons. The van der Waals surface area contributed by atoms with Crippen molar-refractivity contribution < 1.29 is 13.2 Å². The quantitative estimate of drug-likeness (QED) is 0.694. The minimum absolute atomic E-state index is 0.00322. The molecule has 6 nitrogen and oxygen atoms in total. The fourth-order valence-electron chi connectivity index (χ4n) is 1.68. The first-order valence-electron chi connectivity index (χ1n) is 6.18. The molecule has 0 unspecified atom stereocenters. The lowest BCUT2D eigenvalue weighted by Gasteiger charge is -2.23. The molecule has 0 atom stereocenters. The van der Waals surface area contributed by atoms with Crippen LogP contribution in [-0.4, -0.2) is 27.9 Å². The molecule has 4 N–H and O–H groups in total. The number of anilines is 1. The van der Waals surface area contributed by atoms with E-state index in [1.807, 2.05) is 0 Å². The van der Waals surface area contributed by atoms with Gasteiger partial charge in [-0.2, -0.15) is 0 Å². The fourth-order valence-corrected chi connectivity index (χ4v) is 3.17. The molecule has 0 aliphatic rings. The van der Waals surface area contributed by atoms with Crippen LogP contribution < -0.4 is 15.8 Å². The third-order valence-electron chi connectivity index (χ3n) is 3.05. The number of nitrogens with two attached hydrogens (primary N) is 1. The molecule has 20 heavy (non-hydrogen) atoms. The minimum atomic E-state index is -3.70. The zero-order valence-electron chi connectivity index (χ0n) is 12.1. The third kappa shape index (κ3) is 3.71. The van der Waals surface area contributed by atoms with Crippen molar-refractivity contribution in [3.63, 3.8) is 0 Å². The number of sulfonamides is 1. The van der Waals surface area contributed by atoms with E-state index in [1.165, 1.54) is 13.1 Å². The van der Waals surface area contributed by atoms with Crippen molar-refractivity contribution in [2.75, 3.05) is 19.3 Å². The Morgan fingerprint density at radius 3 is 2.50 bits per heavy atom. The summed E-state index contributed by atoms with van der Waals surface area (Å²) in [7, 11) is -2.18. The summed E-state index contributed by atoms with van der Waals surface area (Å²) in [6.45, 7) is 5.03. The molecule has 1 aromatic rings. The number of aryl methyl sites for hydroxylation is 1. The van der Waals surface area contributed by atoms with Crippen molar-refractivity contribution in [2.45, 2.75) is 25.7 Å². The SMILES string of the molecule is CNC(=O)C(C)(C)CNS(=O)(=O)c1cc(N)ccc1C. The number of nitrogens with one attached hydrogen (secondary N) is 2. The molecule has 0 aliphatic heterocycles. The molecule has 0 radical (unpaired) electrons. The average Bonchev–Trinajstić information content (AvgIpc) is 2.38. The molecule has 0 heterocycles. The van der Waals surface area contributed by atoms with Crippen molar-refractivity contribution >= 4 is 21.6 Å². The zero-order valence-corrected chi connectivity index (χ0v) is 13.0. The summed E-state index contributed by atoms with van der Waals surface area (Å²) >= 11 is 0. The molecule has 0 bridgehead atoms. The lowest BCUT2D eigenvalue weighted by molar-refractivity contribution is -0.128. The Morgan fingerprint density at radius 2 is 1.95 bits per heavy atom. The van der Waals surface area contributed by atoms with Gasteiger partial charge in [0, 0.05) is 19.3 Å². The second kappa shape index (κ2) is 5.80. The van der Waals surface area contributed by atoms with Crippen LogP contribution >= 0.6 is 0 Å². The van der Waals surface area contributed by atoms with Gasteiger partial charge >= 0.3 is 0 Å². The van der Waals surface area contributed by atoms with Crippen LogP contribution in [0.25, 0.3) is 0 Å². The van der Waals surface area contributed by atoms with Crippen molar-refractivity contribution in [1.82, 2.24) is 10.0 Å². The van der Waals surface area contributed by atoms with Crippen molar-refractivity contribution in [3.05, 3.63) is 23.8 Å². The predicted octanol–water partition coefficient (Wildman–Crippen LogP) is 0.628. The molecule has 0 aromatic heterocycles. The molecule has 0 fully saturated rings. The predicted molar refractivity (Wildman–Crippen MR) is 78.6 cm³/mol. The zero-order chi connectivity index (χ0) is 15.6. The van der Waals surface area contributed by atoms with Crippen LogP contribution in [0.2, 0.25) is 0 Å². The van der Waals surface area contributed by atoms with Crippen LogP contribution in [-0.2, 0) is 14.8 Å². The van der Waals surface area contributed by atoms with E-state index in [0.717, 1.165) is 0 Å². The van der Waals surface area contributed by atoms with Gasteiger partial charge in [-0.3, -0.25) is 4.79 Å². The Labute approximate surface area is 119 Å². The van der Waals surface area contributed by atoms with E-state index in [4.69, 9.17) is 5.73 Å². The van der Waals surface area contributed by atoms with E-state index in [9.17, 15) is 13.2 Å². The van der Waals surface area contributed by atoms with E-state index >= 15 is 0 Å². The Hall–Kier alpha value is -1.60. The molecule has 0 aliphatic carbocycles. The maximum absolute atomic E-state index is 12.3. The highest BCUT2D eigenvalue weighted by molar-refractivity contribution is 7.89. The van der Waals surface area contributed by atoms with Crippen LogP contribution in [0, 0.1) is 12.3 Å². The maximum Gasteiger partial charge on any atom is 0.240 e. The van der Waals surface area contributed by atoms with Gasteiger partial charge in [-0.05, 0) is 38.5 Å². The van der Waals surface area contributed by atoms with Crippen molar-refractivity contribution in [3.8, 4) is 0 Å². The number of hydrogen-bond donors (Lipinski definition) is 3. The molecule has 0 spiro atoms. The molecular formula is C13H21N3O3S. The molecule has 7 heteroatoms. The number of hydrogen-bond acceptors (Lipinski definition) is 4. The number of benzene rings is 1. The number of nitrogen functional groups attached to an aromatic ring is 1. The van der Waals surface area contributed by atoms with E-state index in [1.54, 1.807) is 32.9 Å². The van der Waals surface area contributed by atoms with Crippen molar-refractivity contribution in [1.29, 1.82) is 0 Å². The monoisotopic (exact) mass is 299 g/mol. The van der Waals surface area contributed by atoms with Gasteiger partial charge in [0.2, 0.25) is 15.9 Å². The largest absolute Gasteiger partial charge is 0.399 e. The standard InChI is InChI=1S/C13H21N3O3S/c1-9-5-6-10(14)7-11(9)20(18,19)16-8-13(2,3)12(17)15-4/h5-7,16H,8,14H2,1-4H3,(H,15,17). The summed E-state index contributed by atoms with van der Waals surface area (Å²) in [5, 5.41) is 2.51. The van der Waals surface area contributed by atoms with Crippen LogP contribution in [0.15, 0.2) is 23.1 Å². The summed E-state index contributed by atoms with van der Waals surface area (Å²) in [5.41, 5.74) is 5.76. The lowest BCUT2D eigenvalue weighted by Crippen LogP contribution is -2.43. The second-order valence-corrected chi connectivity index (χ2v) is 7.05. The third-order valence-corrected chi connectivity index (χ3v) is 4.59. The van der Waals surface area contributed by atoms with Gasteiger partial charge in [-0.15, -0.1) is 0 Å². The van der Waals surface area contributed by atoms with Gasteiger partial charge in [0.15, 0.2) is 0 Å². The maximum atomic E-state index is 12.3. The summed E-state index contributed by atoms with van der Waals surface area (Å²) in [4.78, 5) is 11.8. The average molecular weight is 299 g/mol. The first-order valence-corrected chi connectivity index (χ1v) is 7.66. The van der Waals surface area contributed by atoms with Gasteiger partial charge in [0.05, 0.1) is 10.3 Å². The minimum Gasteiger partial charge on any atom is -0.399 e. The van der Waals surface area contributed by atoms with Crippen molar-refractivity contribution in [2.24, 2.45) is 5.41 Å². The van der Waals surface area contributed by atoms with E-state index in [2.05, 4.69) is 10.0 Å². The smallest absolute Gasteiger partial charge is 0.240 e. The molecule has 1 aromatic carbocycles. The van der Waals surface area contributed by atoms with Gasteiger partial charge < -0.3 is 11.1 Å². The van der Waals surface area contributed by atoms with E-state index in [-0.39, 0.29) is 17.3 Å². The fraction of sp³-hybridized carbons (Fsp3) is 0.462. The Kier molecular flexibility index (Phi) is 4.77. The van der Waals surface area contributed by atoms with Crippen LogP contribution in [0.3, 0.4) is 0 Å². The molecular weight excluding hydrogens is 278 g/mol. The second-order valence-electron chi connectivity index (χ2n) is 5.31. The molecule has 1 rings (SSSR count). The van der Waals surface area contributed by atoms with Crippen LogP contribution in [0.5, 0.6) is 0 Å². The van der Waals surface area contributed by atoms with Crippen LogP contribution in [0.4, 0.5) is 5.69 Å². The number of carbonyl (C=O) groups excluding carboxylic acids is 1. The van der Waals surface area contributed by atoms with Gasteiger partial charge in [-0.25, -0.2) is 13.1 Å². The summed E-state index contributed by atoms with van der Waals surface area (Å²) in [6.07, 6.45) is 0. The first kappa shape index (κ1) is 16.5. The summed E-state index contributed by atoms with van der Waals surface area (Å²) in [5.74, 6) is -0.232. The molecule has 0 saturated heterocycles. The number of rotatable bonds is 5. The topological polar surface area (TPSA) is 101 Å².